The van der Waals surface area contributed by atoms with E-state index in [-0.39, 0.29) is 11.4 Å². The number of halogens is 2. The molecule has 0 atom stereocenters. The summed E-state index contributed by atoms with van der Waals surface area (Å²) in [6, 6.07) is 22.8. The zero-order chi connectivity index (χ0) is 21.3. The fourth-order valence-electron chi connectivity index (χ4n) is 2.65. The molecule has 0 aliphatic heterocycles. The van der Waals surface area contributed by atoms with E-state index in [2.05, 4.69) is 21.2 Å². The van der Waals surface area contributed by atoms with Crippen molar-refractivity contribution in [3.05, 3.63) is 105 Å². The lowest BCUT2D eigenvalue weighted by Crippen LogP contribution is -2.23. The van der Waals surface area contributed by atoms with Crippen LogP contribution in [0.2, 0.25) is 0 Å². The van der Waals surface area contributed by atoms with Gasteiger partial charge in [0.25, 0.3) is 5.91 Å². The minimum absolute atomic E-state index is 0.0119. The Hall–Kier alpha value is -3.43. The van der Waals surface area contributed by atoms with Crippen LogP contribution in [0.25, 0.3) is 6.08 Å². The number of nitrogens with one attached hydrogen (secondary N) is 1. The van der Waals surface area contributed by atoms with Crippen LogP contribution < -0.4 is 10.1 Å². The van der Waals surface area contributed by atoms with Gasteiger partial charge in [-0.2, -0.15) is 5.26 Å². The topological polar surface area (TPSA) is 62.1 Å². The van der Waals surface area contributed by atoms with E-state index >= 15 is 0 Å². The normalized spacial score (nSPS) is 10.9. The van der Waals surface area contributed by atoms with Crippen LogP contribution >= 0.6 is 15.9 Å². The fraction of sp³-hybridized carbons (Fsp3) is 0.0833. The van der Waals surface area contributed by atoms with Crippen LogP contribution in [-0.4, -0.2) is 5.91 Å². The molecule has 4 nitrogen and oxygen atoms in total. The summed E-state index contributed by atoms with van der Waals surface area (Å²) in [6.45, 7) is 0.637. The van der Waals surface area contributed by atoms with Crippen molar-refractivity contribution in [1.82, 2.24) is 5.32 Å². The Morgan fingerprint density at radius 2 is 1.80 bits per heavy atom. The zero-order valence-corrected chi connectivity index (χ0v) is 17.5. The van der Waals surface area contributed by atoms with E-state index in [9.17, 15) is 14.4 Å². The molecule has 3 aromatic rings. The van der Waals surface area contributed by atoms with Gasteiger partial charge in [-0.1, -0.05) is 48.5 Å². The number of hydrogen-bond donors (Lipinski definition) is 1. The lowest BCUT2D eigenvalue weighted by molar-refractivity contribution is -0.117. The van der Waals surface area contributed by atoms with E-state index in [1.807, 2.05) is 36.4 Å². The third-order valence-electron chi connectivity index (χ3n) is 4.24. The van der Waals surface area contributed by atoms with Crippen molar-refractivity contribution in [2.45, 2.75) is 13.2 Å². The molecule has 3 aromatic carbocycles. The quantitative estimate of drug-likeness (QED) is 0.376. The van der Waals surface area contributed by atoms with E-state index in [1.165, 1.54) is 18.2 Å². The van der Waals surface area contributed by atoms with E-state index in [4.69, 9.17) is 4.74 Å². The Kier molecular flexibility index (Phi) is 7.36. The molecule has 0 saturated heterocycles. The van der Waals surface area contributed by atoms with Gasteiger partial charge in [0.1, 0.15) is 29.8 Å². The molecule has 0 spiro atoms. The van der Waals surface area contributed by atoms with Crippen LogP contribution in [0.3, 0.4) is 0 Å². The number of carbonyl (C=O) groups is 1. The van der Waals surface area contributed by atoms with Crippen molar-refractivity contribution in [3.63, 3.8) is 0 Å². The van der Waals surface area contributed by atoms with Gasteiger partial charge in [-0.25, -0.2) is 4.39 Å². The van der Waals surface area contributed by atoms with E-state index in [1.54, 1.807) is 30.3 Å². The summed E-state index contributed by atoms with van der Waals surface area (Å²) in [5.41, 5.74) is 2.49. The molecule has 0 aliphatic rings. The number of carbonyl (C=O) groups excluding carboxylic acids is 1. The van der Waals surface area contributed by atoms with Crippen LogP contribution in [0.15, 0.2) is 82.8 Å². The SMILES string of the molecule is N#C/C(=C\c1ccc(OCc2ccc(F)cc2)c(Br)c1)C(=O)NCc1ccccc1. The zero-order valence-electron chi connectivity index (χ0n) is 15.9. The third kappa shape index (κ3) is 6.03. The molecule has 1 N–H and O–H groups in total. The van der Waals surface area contributed by atoms with Crippen molar-refractivity contribution in [2.24, 2.45) is 0 Å². The van der Waals surface area contributed by atoms with Gasteiger partial charge in [0.05, 0.1) is 4.47 Å². The monoisotopic (exact) mass is 464 g/mol. The first kappa shape index (κ1) is 21.3. The summed E-state index contributed by atoms with van der Waals surface area (Å²) >= 11 is 3.44. The van der Waals surface area contributed by atoms with Gasteiger partial charge in [-0.3, -0.25) is 4.79 Å². The maximum absolute atomic E-state index is 13.0. The largest absolute Gasteiger partial charge is 0.488 e. The molecule has 0 heterocycles. The molecule has 6 heteroatoms. The minimum atomic E-state index is -0.436. The molecule has 0 aliphatic carbocycles. The molecule has 0 radical (unpaired) electrons. The third-order valence-corrected chi connectivity index (χ3v) is 4.86. The van der Waals surface area contributed by atoms with Crippen molar-refractivity contribution in [1.29, 1.82) is 5.26 Å². The number of amides is 1. The molecule has 3 rings (SSSR count). The second-order valence-corrected chi connectivity index (χ2v) is 7.30. The van der Waals surface area contributed by atoms with E-state index < -0.39 is 5.91 Å². The van der Waals surface area contributed by atoms with Gasteiger partial charge >= 0.3 is 0 Å². The summed E-state index contributed by atoms with van der Waals surface area (Å²) in [5.74, 6) is -0.130. The van der Waals surface area contributed by atoms with Gasteiger partial charge in [-0.15, -0.1) is 0 Å². The molecular weight excluding hydrogens is 447 g/mol. The summed E-state index contributed by atoms with van der Waals surface area (Å²) in [5, 5.41) is 12.1. The first-order valence-electron chi connectivity index (χ1n) is 9.16. The number of ether oxygens (including phenoxy) is 1. The Morgan fingerprint density at radius 1 is 1.07 bits per heavy atom. The average Bonchev–Trinajstić information content (AvgIpc) is 2.77. The molecule has 0 unspecified atom stereocenters. The first-order chi connectivity index (χ1) is 14.5. The minimum Gasteiger partial charge on any atom is -0.488 e. The van der Waals surface area contributed by atoms with Crippen molar-refractivity contribution < 1.29 is 13.9 Å². The number of rotatable bonds is 7. The van der Waals surface area contributed by atoms with Crippen LogP contribution in [0.1, 0.15) is 16.7 Å². The second-order valence-electron chi connectivity index (χ2n) is 6.44. The summed E-state index contributed by atoms with van der Waals surface area (Å²) in [7, 11) is 0. The highest BCUT2D eigenvalue weighted by Gasteiger charge is 2.10. The standard InChI is InChI=1S/C24H18BrFN2O2/c25-22-13-19(8-11-23(22)30-16-18-6-9-21(26)10-7-18)12-20(14-27)24(29)28-15-17-4-2-1-3-5-17/h1-13H,15-16H2,(H,28,29)/b20-12+. The highest BCUT2D eigenvalue weighted by Crippen LogP contribution is 2.27. The van der Waals surface area contributed by atoms with E-state index in [0.29, 0.717) is 28.9 Å². The van der Waals surface area contributed by atoms with Crippen LogP contribution in [0.4, 0.5) is 4.39 Å². The number of nitrogens with zero attached hydrogens (tertiary/aromatic N) is 1. The Morgan fingerprint density at radius 3 is 2.47 bits per heavy atom. The van der Waals surface area contributed by atoms with Gasteiger partial charge in [0, 0.05) is 6.54 Å². The fourth-order valence-corrected chi connectivity index (χ4v) is 3.17. The predicted octanol–water partition coefficient (Wildman–Crippen LogP) is 5.39. The van der Waals surface area contributed by atoms with Gasteiger partial charge in [-0.05, 0) is 63.0 Å². The Balaban J connectivity index is 1.64. The number of hydrogen-bond acceptors (Lipinski definition) is 3. The first-order valence-corrected chi connectivity index (χ1v) is 9.95. The van der Waals surface area contributed by atoms with Crippen molar-refractivity contribution >= 4 is 27.9 Å². The maximum Gasteiger partial charge on any atom is 0.262 e. The lowest BCUT2D eigenvalue weighted by Gasteiger charge is -2.09. The summed E-state index contributed by atoms with van der Waals surface area (Å²) in [4.78, 5) is 12.3. The van der Waals surface area contributed by atoms with E-state index in [0.717, 1.165) is 11.1 Å². The van der Waals surface area contributed by atoms with Crippen LogP contribution in [0, 0.1) is 17.1 Å². The number of nitriles is 1. The maximum atomic E-state index is 13.0. The van der Waals surface area contributed by atoms with Gasteiger partial charge in [0.15, 0.2) is 0 Å². The number of benzene rings is 3. The summed E-state index contributed by atoms with van der Waals surface area (Å²) in [6.07, 6.45) is 1.52. The second kappa shape index (κ2) is 10.4. The van der Waals surface area contributed by atoms with Crippen LogP contribution in [0.5, 0.6) is 5.75 Å². The van der Waals surface area contributed by atoms with Gasteiger partial charge < -0.3 is 10.1 Å². The molecule has 0 fully saturated rings. The Bertz CT molecular complexity index is 1090. The summed E-state index contributed by atoms with van der Waals surface area (Å²) < 4.78 is 19.4. The molecule has 30 heavy (non-hydrogen) atoms. The molecule has 150 valence electrons. The molecule has 0 aromatic heterocycles. The average molecular weight is 465 g/mol. The molecule has 1 amide bonds. The smallest absolute Gasteiger partial charge is 0.262 e. The molecule has 0 saturated carbocycles. The lowest BCUT2D eigenvalue weighted by atomic mass is 10.1. The van der Waals surface area contributed by atoms with Gasteiger partial charge in [0.2, 0.25) is 0 Å². The highest BCUT2D eigenvalue weighted by atomic mass is 79.9. The van der Waals surface area contributed by atoms with Crippen molar-refractivity contribution in [2.75, 3.05) is 0 Å². The molecular formula is C24H18BrFN2O2. The van der Waals surface area contributed by atoms with Crippen molar-refractivity contribution in [3.8, 4) is 11.8 Å². The van der Waals surface area contributed by atoms with Crippen LogP contribution in [-0.2, 0) is 17.9 Å². The Labute approximate surface area is 182 Å². The molecule has 0 bridgehead atoms. The predicted molar refractivity (Wildman–Crippen MR) is 117 cm³/mol. The highest BCUT2D eigenvalue weighted by molar-refractivity contribution is 9.10.